The van der Waals surface area contributed by atoms with Crippen LogP contribution in [0.3, 0.4) is 0 Å². The lowest BCUT2D eigenvalue weighted by molar-refractivity contribution is -0.129. The highest BCUT2D eigenvalue weighted by atomic mass is 32.2. The molecule has 2 aromatic rings. The third-order valence-corrected chi connectivity index (χ3v) is 6.90. The number of methoxy groups -OCH3 is 2. The summed E-state index contributed by atoms with van der Waals surface area (Å²) in [6, 6.07) is 13.0. The number of aryl methyl sites for hydroxylation is 1. The third-order valence-electron chi connectivity index (χ3n) is 5.73. The van der Waals surface area contributed by atoms with Crippen molar-refractivity contribution in [1.29, 1.82) is 0 Å². The lowest BCUT2D eigenvalue weighted by atomic mass is 10.2. The first-order valence-electron chi connectivity index (χ1n) is 11.2. The molecule has 0 spiro atoms. The molecular weight excluding hydrogens is 454 g/mol. The van der Waals surface area contributed by atoms with Crippen LogP contribution in [-0.2, 0) is 14.3 Å². The molecule has 2 aliphatic heterocycles. The van der Waals surface area contributed by atoms with Crippen molar-refractivity contribution in [3.05, 3.63) is 48.0 Å². The first-order chi connectivity index (χ1) is 16.5. The Morgan fingerprint density at radius 1 is 1.18 bits per heavy atom. The molecule has 2 heterocycles. The predicted molar refractivity (Wildman–Crippen MR) is 133 cm³/mol. The Balaban J connectivity index is 1.48. The number of carbonyl (C=O) groups excluding carboxylic acids is 2. The molecule has 2 aliphatic rings. The molecule has 0 radical (unpaired) electrons. The van der Waals surface area contributed by atoms with Gasteiger partial charge in [0.1, 0.15) is 5.25 Å². The standard InChI is InChI=1S/C25H29N3O5S/c1-16-6-8-17(9-7-16)27-25-28(15-19-5-4-12-33-19)24(30)22(34-25)14-23(29)26-18-10-11-20(31-2)21(13-18)32-3/h6-11,13,19,22H,4-5,12,14-15H2,1-3H3,(H,26,29). The van der Waals surface area contributed by atoms with E-state index in [0.717, 1.165) is 24.1 Å². The third kappa shape index (κ3) is 5.71. The zero-order valence-electron chi connectivity index (χ0n) is 19.6. The predicted octanol–water partition coefficient (Wildman–Crippen LogP) is 4.15. The molecule has 2 saturated heterocycles. The van der Waals surface area contributed by atoms with E-state index in [4.69, 9.17) is 19.2 Å². The fraction of sp³-hybridized carbons (Fsp3) is 0.400. The lowest BCUT2D eigenvalue weighted by Crippen LogP contribution is -2.38. The average molecular weight is 484 g/mol. The maximum absolute atomic E-state index is 13.3. The fourth-order valence-corrected chi connectivity index (χ4v) is 5.08. The summed E-state index contributed by atoms with van der Waals surface area (Å²) in [5, 5.41) is 2.91. The molecule has 180 valence electrons. The zero-order valence-corrected chi connectivity index (χ0v) is 20.4. The highest BCUT2D eigenvalue weighted by molar-refractivity contribution is 8.15. The molecule has 0 saturated carbocycles. The Labute approximate surface area is 203 Å². The van der Waals surface area contributed by atoms with Crippen molar-refractivity contribution >= 4 is 40.1 Å². The van der Waals surface area contributed by atoms with Gasteiger partial charge in [-0.1, -0.05) is 29.5 Å². The van der Waals surface area contributed by atoms with Gasteiger partial charge in [-0.05, 0) is 44.0 Å². The Kier molecular flexibility index (Phi) is 7.74. The van der Waals surface area contributed by atoms with Crippen LogP contribution < -0.4 is 14.8 Å². The monoisotopic (exact) mass is 483 g/mol. The van der Waals surface area contributed by atoms with Crippen LogP contribution in [0.5, 0.6) is 11.5 Å². The molecule has 2 fully saturated rings. The summed E-state index contributed by atoms with van der Waals surface area (Å²) in [6.45, 7) is 3.17. The Morgan fingerprint density at radius 3 is 2.62 bits per heavy atom. The van der Waals surface area contributed by atoms with Gasteiger partial charge in [-0.3, -0.25) is 14.5 Å². The summed E-state index contributed by atoms with van der Waals surface area (Å²) in [6.07, 6.45) is 1.93. The van der Waals surface area contributed by atoms with Crippen LogP contribution in [0, 0.1) is 6.92 Å². The molecule has 2 atom stereocenters. The minimum absolute atomic E-state index is 0.00731. The molecule has 2 amide bonds. The van der Waals surface area contributed by atoms with E-state index in [0.29, 0.717) is 35.5 Å². The van der Waals surface area contributed by atoms with Gasteiger partial charge in [0.05, 0.1) is 32.6 Å². The molecule has 9 heteroatoms. The molecule has 0 aliphatic carbocycles. The molecule has 0 aromatic heterocycles. The molecule has 8 nitrogen and oxygen atoms in total. The Hall–Kier alpha value is -3.04. The average Bonchev–Trinajstić information content (AvgIpc) is 3.45. The van der Waals surface area contributed by atoms with E-state index in [1.807, 2.05) is 31.2 Å². The number of hydrogen-bond acceptors (Lipinski definition) is 7. The first-order valence-corrected chi connectivity index (χ1v) is 12.1. The van der Waals surface area contributed by atoms with Crippen LogP contribution in [0.1, 0.15) is 24.8 Å². The van der Waals surface area contributed by atoms with Gasteiger partial charge in [-0.15, -0.1) is 0 Å². The van der Waals surface area contributed by atoms with Gasteiger partial charge in [0.25, 0.3) is 0 Å². The largest absolute Gasteiger partial charge is 0.493 e. The van der Waals surface area contributed by atoms with Crippen LogP contribution in [-0.4, -0.2) is 60.6 Å². The highest BCUT2D eigenvalue weighted by Crippen LogP contribution is 2.34. The van der Waals surface area contributed by atoms with Crippen molar-refractivity contribution in [3.8, 4) is 11.5 Å². The SMILES string of the molecule is COc1ccc(NC(=O)CC2SC(=Nc3ccc(C)cc3)N(CC3CCCO3)C2=O)cc1OC. The van der Waals surface area contributed by atoms with Gasteiger partial charge in [-0.25, -0.2) is 4.99 Å². The van der Waals surface area contributed by atoms with Crippen LogP contribution in [0.15, 0.2) is 47.5 Å². The minimum atomic E-state index is -0.550. The van der Waals surface area contributed by atoms with E-state index in [1.54, 1.807) is 30.2 Å². The summed E-state index contributed by atoms with van der Waals surface area (Å²) < 4.78 is 16.3. The second kappa shape index (κ2) is 10.9. The molecule has 2 unspecified atom stereocenters. The Morgan fingerprint density at radius 2 is 1.94 bits per heavy atom. The second-order valence-corrected chi connectivity index (χ2v) is 9.41. The van der Waals surface area contributed by atoms with Crippen molar-refractivity contribution in [2.75, 3.05) is 32.7 Å². The van der Waals surface area contributed by atoms with Crippen molar-refractivity contribution < 1.29 is 23.8 Å². The number of rotatable bonds is 8. The summed E-state index contributed by atoms with van der Waals surface area (Å²) >= 11 is 1.33. The van der Waals surface area contributed by atoms with Crippen molar-refractivity contribution in [2.45, 2.75) is 37.5 Å². The van der Waals surface area contributed by atoms with Gasteiger partial charge in [-0.2, -0.15) is 0 Å². The number of anilines is 1. The van der Waals surface area contributed by atoms with E-state index < -0.39 is 5.25 Å². The van der Waals surface area contributed by atoms with Gasteiger partial charge in [0.2, 0.25) is 11.8 Å². The molecule has 4 rings (SSSR count). The number of thioether (sulfide) groups is 1. The fourth-order valence-electron chi connectivity index (χ4n) is 3.91. The van der Waals surface area contributed by atoms with Crippen molar-refractivity contribution in [2.24, 2.45) is 4.99 Å². The number of aliphatic imine (C=N–C) groups is 1. The quantitative estimate of drug-likeness (QED) is 0.607. The number of amides is 2. The van der Waals surface area contributed by atoms with E-state index >= 15 is 0 Å². The van der Waals surface area contributed by atoms with Gasteiger partial charge < -0.3 is 19.5 Å². The number of carbonyl (C=O) groups is 2. The normalized spacial score (nSPS) is 21.2. The summed E-state index contributed by atoms with van der Waals surface area (Å²) in [5.41, 5.74) is 2.48. The maximum atomic E-state index is 13.3. The Bertz CT molecular complexity index is 1070. The van der Waals surface area contributed by atoms with Crippen molar-refractivity contribution in [3.63, 3.8) is 0 Å². The van der Waals surface area contributed by atoms with Crippen molar-refractivity contribution in [1.82, 2.24) is 4.90 Å². The molecule has 34 heavy (non-hydrogen) atoms. The number of nitrogens with one attached hydrogen (secondary N) is 1. The number of benzene rings is 2. The van der Waals surface area contributed by atoms with E-state index in [9.17, 15) is 9.59 Å². The molecule has 2 aromatic carbocycles. The number of hydrogen-bond donors (Lipinski definition) is 1. The topological polar surface area (TPSA) is 89.5 Å². The van der Waals surface area contributed by atoms with E-state index in [1.165, 1.54) is 18.9 Å². The number of amidine groups is 1. The van der Waals surface area contributed by atoms with Gasteiger partial charge >= 0.3 is 0 Å². The summed E-state index contributed by atoms with van der Waals surface area (Å²) in [4.78, 5) is 32.5. The molecule has 1 N–H and O–H groups in total. The van der Waals surface area contributed by atoms with Crippen LogP contribution in [0.2, 0.25) is 0 Å². The minimum Gasteiger partial charge on any atom is -0.493 e. The number of nitrogens with zero attached hydrogens (tertiary/aromatic N) is 2. The molecule has 0 bridgehead atoms. The lowest BCUT2D eigenvalue weighted by Gasteiger charge is -2.20. The highest BCUT2D eigenvalue weighted by Gasteiger charge is 2.40. The van der Waals surface area contributed by atoms with E-state index in [2.05, 4.69) is 5.32 Å². The first kappa shape index (κ1) is 24.1. The van der Waals surface area contributed by atoms with Gasteiger partial charge in [0, 0.05) is 24.8 Å². The van der Waals surface area contributed by atoms with Crippen LogP contribution >= 0.6 is 11.8 Å². The van der Waals surface area contributed by atoms with Crippen LogP contribution in [0.25, 0.3) is 0 Å². The van der Waals surface area contributed by atoms with Crippen LogP contribution in [0.4, 0.5) is 11.4 Å². The summed E-state index contributed by atoms with van der Waals surface area (Å²) in [5.74, 6) is 0.714. The van der Waals surface area contributed by atoms with E-state index in [-0.39, 0.29) is 24.3 Å². The molecular formula is C25H29N3O5S. The maximum Gasteiger partial charge on any atom is 0.242 e. The zero-order chi connectivity index (χ0) is 24.1. The summed E-state index contributed by atoms with van der Waals surface area (Å²) in [7, 11) is 3.09. The van der Waals surface area contributed by atoms with Gasteiger partial charge in [0.15, 0.2) is 16.7 Å². The second-order valence-electron chi connectivity index (χ2n) is 8.24. The number of ether oxygens (including phenoxy) is 3. The smallest absolute Gasteiger partial charge is 0.242 e.